The number of carbonyl (C=O) groups excluding carboxylic acids is 2. The number of anilines is 1. The number of carbonyl (C=O) groups is 2. The average Bonchev–Trinajstić information content (AvgIpc) is 2.67. The smallest absolute Gasteiger partial charge is 0.273 e. The van der Waals surface area contributed by atoms with E-state index in [0.717, 1.165) is 25.9 Å². The van der Waals surface area contributed by atoms with Gasteiger partial charge in [0, 0.05) is 29.9 Å². The summed E-state index contributed by atoms with van der Waals surface area (Å²) in [5, 5.41) is 0.544. The van der Waals surface area contributed by atoms with Crippen LogP contribution in [0.4, 0.5) is 5.82 Å². The average molecular weight is 359 g/mol. The van der Waals surface area contributed by atoms with Crippen LogP contribution in [0.2, 0.25) is 5.02 Å². The van der Waals surface area contributed by atoms with Crippen LogP contribution >= 0.6 is 11.6 Å². The molecular weight excluding hydrogens is 340 g/mol. The van der Waals surface area contributed by atoms with Gasteiger partial charge in [0.05, 0.1) is 5.56 Å². The Balaban J connectivity index is 1.67. The Bertz CT molecular complexity index is 758. The number of halogens is 1. The zero-order valence-electron chi connectivity index (χ0n) is 13.7. The summed E-state index contributed by atoms with van der Waals surface area (Å²) in [6, 6.07) is 9.84. The number of hydrogen-bond acceptors (Lipinski definition) is 4. The van der Waals surface area contributed by atoms with Crippen molar-refractivity contribution in [2.45, 2.75) is 19.3 Å². The third kappa shape index (κ3) is 4.28. The Morgan fingerprint density at radius 3 is 2.36 bits per heavy atom. The first-order valence-electron chi connectivity index (χ1n) is 8.21. The quantitative estimate of drug-likeness (QED) is 0.827. The van der Waals surface area contributed by atoms with Gasteiger partial charge in [-0.2, -0.15) is 0 Å². The molecule has 0 unspecified atom stereocenters. The molecule has 1 fully saturated rings. The van der Waals surface area contributed by atoms with Gasteiger partial charge in [0.15, 0.2) is 0 Å². The van der Waals surface area contributed by atoms with Crippen LogP contribution in [-0.2, 0) is 0 Å². The molecule has 0 bridgehead atoms. The van der Waals surface area contributed by atoms with Crippen LogP contribution in [0, 0.1) is 0 Å². The number of rotatable bonds is 3. The highest BCUT2D eigenvalue weighted by molar-refractivity contribution is 6.30. The molecular formula is C18H19ClN4O2. The monoisotopic (exact) mass is 358 g/mol. The molecule has 1 saturated heterocycles. The van der Waals surface area contributed by atoms with Crippen LogP contribution in [0.15, 0.2) is 42.6 Å². The van der Waals surface area contributed by atoms with Crippen molar-refractivity contribution in [1.29, 1.82) is 0 Å². The first-order chi connectivity index (χ1) is 12.1. The number of hydrogen-bond donors (Lipinski definition) is 2. The highest BCUT2D eigenvalue weighted by atomic mass is 35.5. The van der Waals surface area contributed by atoms with E-state index in [9.17, 15) is 9.59 Å². The summed E-state index contributed by atoms with van der Waals surface area (Å²) >= 11 is 5.80. The number of nitrogens with zero attached hydrogens (tertiary/aromatic N) is 2. The number of amides is 2. The lowest BCUT2D eigenvalue weighted by Crippen LogP contribution is -2.42. The Morgan fingerprint density at radius 1 is 0.960 bits per heavy atom. The van der Waals surface area contributed by atoms with Crippen LogP contribution in [-0.4, -0.2) is 29.9 Å². The molecule has 25 heavy (non-hydrogen) atoms. The van der Waals surface area contributed by atoms with Crippen molar-refractivity contribution in [3.8, 4) is 0 Å². The molecule has 0 aliphatic carbocycles. The molecule has 0 saturated carbocycles. The van der Waals surface area contributed by atoms with Crippen molar-refractivity contribution in [2.75, 3.05) is 18.0 Å². The van der Waals surface area contributed by atoms with Gasteiger partial charge in [-0.25, -0.2) is 4.98 Å². The fraction of sp³-hybridized carbons (Fsp3) is 0.278. The normalized spacial score (nSPS) is 14.0. The van der Waals surface area contributed by atoms with Gasteiger partial charge in [-0.1, -0.05) is 11.6 Å². The summed E-state index contributed by atoms with van der Waals surface area (Å²) in [6.45, 7) is 1.77. The van der Waals surface area contributed by atoms with E-state index in [-0.39, 0.29) is 0 Å². The fourth-order valence-electron chi connectivity index (χ4n) is 2.79. The van der Waals surface area contributed by atoms with E-state index < -0.39 is 11.8 Å². The number of hydrazine groups is 1. The van der Waals surface area contributed by atoms with Crippen LogP contribution in [0.5, 0.6) is 0 Å². The van der Waals surface area contributed by atoms with Crippen molar-refractivity contribution in [3.63, 3.8) is 0 Å². The van der Waals surface area contributed by atoms with Crippen LogP contribution in [0.25, 0.3) is 0 Å². The van der Waals surface area contributed by atoms with E-state index in [0.29, 0.717) is 22.0 Å². The number of piperidine rings is 1. The van der Waals surface area contributed by atoms with Crippen LogP contribution in [0.1, 0.15) is 40.0 Å². The van der Waals surface area contributed by atoms with Gasteiger partial charge in [0.1, 0.15) is 5.82 Å². The lowest BCUT2D eigenvalue weighted by atomic mass is 10.1. The highest BCUT2D eigenvalue weighted by Crippen LogP contribution is 2.21. The van der Waals surface area contributed by atoms with E-state index in [1.165, 1.54) is 6.42 Å². The van der Waals surface area contributed by atoms with Gasteiger partial charge in [0.2, 0.25) is 0 Å². The Labute approximate surface area is 151 Å². The molecule has 3 rings (SSSR count). The van der Waals surface area contributed by atoms with Gasteiger partial charge in [-0.15, -0.1) is 0 Å². The summed E-state index contributed by atoms with van der Waals surface area (Å²) in [5.41, 5.74) is 5.73. The molecule has 0 atom stereocenters. The second kappa shape index (κ2) is 7.98. The number of aromatic nitrogens is 1. The van der Waals surface area contributed by atoms with Crippen molar-refractivity contribution in [1.82, 2.24) is 15.8 Å². The van der Waals surface area contributed by atoms with Crippen LogP contribution < -0.4 is 15.8 Å². The maximum atomic E-state index is 12.5. The minimum atomic E-state index is -0.409. The van der Waals surface area contributed by atoms with E-state index in [4.69, 9.17) is 11.6 Å². The second-order valence-corrected chi connectivity index (χ2v) is 6.27. The molecule has 1 aromatic carbocycles. The molecule has 6 nitrogen and oxygen atoms in total. The van der Waals surface area contributed by atoms with Gasteiger partial charge in [0.25, 0.3) is 11.8 Å². The van der Waals surface area contributed by atoms with E-state index in [1.807, 2.05) is 0 Å². The van der Waals surface area contributed by atoms with Crippen molar-refractivity contribution in [3.05, 3.63) is 58.7 Å². The summed E-state index contributed by atoms with van der Waals surface area (Å²) in [6.07, 6.45) is 5.05. The van der Waals surface area contributed by atoms with Gasteiger partial charge >= 0.3 is 0 Å². The first-order valence-corrected chi connectivity index (χ1v) is 8.59. The van der Waals surface area contributed by atoms with Crippen molar-refractivity contribution in [2.24, 2.45) is 0 Å². The maximum absolute atomic E-state index is 12.5. The predicted octanol–water partition coefficient (Wildman–Crippen LogP) is 2.80. The molecule has 2 heterocycles. The zero-order valence-corrected chi connectivity index (χ0v) is 14.4. The highest BCUT2D eigenvalue weighted by Gasteiger charge is 2.20. The van der Waals surface area contributed by atoms with Gasteiger partial charge in [-0.3, -0.25) is 20.4 Å². The van der Waals surface area contributed by atoms with E-state index >= 15 is 0 Å². The molecule has 1 aromatic heterocycles. The predicted molar refractivity (Wildman–Crippen MR) is 96.7 cm³/mol. The Kier molecular flexibility index (Phi) is 5.50. The molecule has 1 aliphatic rings. The molecule has 2 N–H and O–H groups in total. The molecule has 7 heteroatoms. The number of benzene rings is 1. The second-order valence-electron chi connectivity index (χ2n) is 5.84. The summed E-state index contributed by atoms with van der Waals surface area (Å²) in [7, 11) is 0. The maximum Gasteiger partial charge on any atom is 0.273 e. The summed E-state index contributed by atoms with van der Waals surface area (Å²) in [5.74, 6) is -0.148. The SMILES string of the molecule is O=C(NNC(=O)c1cccnc1N1CCCCC1)c1ccc(Cl)cc1. The topological polar surface area (TPSA) is 74.3 Å². The largest absolute Gasteiger partial charge is 0.356 e. The standard InChI is InChI=1S/C18H19ClN4O2/c19-14-8-6-13(7-9-14)17(24)21-22-18(25)15-5-4-10-20-16(15)23-11-2-1-3-12-23/h4-10H,1-3,11-12H2,(H,21,24)(H,22,25). The minimum Gasteiger partial charge on any atom is -0.356 e. The minimum absolute atomic E-state index is 0.393. The molecule has 2 amide bonds. The molecule has 130 valence electrons. The number of pyridine rings is 1. The van der Waals surface area contributed by atoms with Crippen LogP contribution in [0.3, 0.4) is 0 Å². The number of nitrogens with one attached hydrogen (secondary N) is 2. The van der Waals surface area contributed by atoms with Gasteiger partial charge < -0.3 is 4.90 Å². The fourth-order valence-corrected chi connectivity index (χ4v) is 2.91. The van der Waals surface area contributed by atoms with E-state index in [2.05, 4.69) is 20.7 Å². The Morgan fingerprint density at radius 2 is 1.64 bits per heavy atom. The lowest BCUT2D eigenvalue weighted by molar-refractivity contribution is 0.0846. The molecule has 2 aromatic rings. The summed E-state index contributed by atoms with van der Waals surface area (Å²) in [4.78, 5) is 31.0. The van der Waals surface area contributed by atoms with Crippen molar-refractivity contribution < 1.29 is 9.59 Å². The first kappa shape index (κ1) is 17.2. The van der Waals surface area contributed by atoms with Gasteiger partial charge in [-0.05, 0) is 55.7 Å². The van der Waals surface area contributed by atoms with E-state index in [1.54, 1.807) is 42.6 Å². The third-order valence-electron chi connectivity index (χ3n) is 4.08. The zero-order chi connectivity index (χ0) is 17.6. The lowest BCUT2D eigenvalue weighted by Gasteiger charge is -2.29. The summed E-state index contributed by atoms with van der Waals surface area (Å²) < 4.78 is 0. The molecule has 0 radical (unpaired) electrons. The van der Waals surface area contributed by atoms with Crippen molar-refractivity contribution >= 4 is 29.2 Å². The molecule has 0 spiro atoms. The molecule has 1 aliphatic heterocycles. The Hall–Kier alpha value is -2.60. The third-order valence-corrected chi connectivity index (χ3v) is 4.33.